The minimum atomic E-state index is -3.27. The van der Waals surface area contributed by atoms with E-state index in [4.69, 9.17) is 0 Å². The highest BCUT2D eigenvalue weighted by molar-refractivity contribution is 7.89. The highest BCUT2D eigenvalue weighted by atomic mass is 32.2. The van der Waals surface area contributed by atoms with E-state index in [1.807, 2.05) is 13.8 Å². The summed E-state index contributed by atoms with van der Waals surface area (Å²) in [6.45, 7) is 4.38. The molecule has 2 aliphatic rings. The van der Waals surface area contributed by atoms with Crippen LogP contribution in [0.1, 0.15) is 44.8 Å². The summed E-state index contributed by atoms with van der Waals surface area (Å²) in [5.41, 5.74) is -0.760. The van der Waals surface area contributed by atoms with Crippen molar-refractivity contribution in [3.05, 3.63) is 11.9 Å². The molecule has 0 amide bonds. The number of aliphatic hydroxyl groups is 1. The van der Waals surface area contributed by atoms with Gasteiger partial charge in [-0.25, -0.2) is 13.1 Å². The van der Waals surface area contributed by atoms with Gasteiger partial charge in [0.1, 0.15) is 11.3 Å². The zero-order chi connectivity index (χ0) is 15.3. The Labute approximate surface area is 125 Å². The number of hydrogen-bond acceptors (Lipinski definition) is 5. The number of sulfonamides is 1. The van der Waals surface area contributed by atoms with Crippen LogP contribution in [0.5, 0.6) is 0 Å². The van der Waals surface area contributed by atoms with Crippen LogP contribution < -0.4 is 0 Å². The molecule has 1 saturated heterocycles. The van der Waals surface area contributed by atoms with E-state index in [0.717, 1.165) is 12.8 Å². The molecule has 1 N–H and O–H groups in total. The van der Waals surface area contributed by atoms with Crippen LogP contribution in [0.3, 0.4) is 0 Å². The quantitative estimate of drug-likeness (QED) is 0.854. The van der Waals surface area contributed by atoms with E-state index < -0.39 is 15.6 Å². The zero-order valence-corrected chi connectivity index (χ0v) is 13.3. The van der Waals surface area contributed by atoms with Gasteiger partial charge in [0.05, 0.1) is 11.9 Å². The third-order valence-electron chi connectivity index (χ3n) is 4.27. The number of β-amino-alcohol motifs (C(OH)–C–C–N with tert-alkyl or cyclic N) is 1. The summed E-state index contributed by atoms with van der Waals surface area (Å²) in [5.74, 6) is 0.521. The first-order valence-corrected chi connectivity index (χ1v) is 9.04. The van der Waals surface area contributed by atoms with Crippen molar-refractivity contribution in [2.24, 2.45) is 5.92 Å². The molecule has 2 heterocycles. The minimum Gasteiger partial charge on any atom is -0.382 e. The maximum Gasteiger partial charge on any atom is 0.214 e. The van der Waals surface area contributed by atoms with Gasteiger partial charge in [-0.2, -0.15) is 4.31 Å². The van der Waals surface area contributed by atoms with Gasteiger partial charge in [-0.15, -0.1) is 5.10 Å². The summed E-state index contributed by atoms with van der Waals surface area (Å²) in [7, 11) is -3.27. The number of nitrogens with zero attached hydrogens (tertiary/aromatic N) is 4. The Bertz CT molecular complexity index is 623. The smallest absolute Gasteiger partial charge is 0.214 e. The molecule has 1 atom stereocenters. The van der Waals surface area contributed by atoms with Gasteiger partial charge in [0.2, 0.25) is 10.0 Å². The van der Waals surface area contributed by atoms with Crippen molar-refractivity contribution in [1.29, 1.82) is 0 Å². The Morgan fingerprint density at radius 2 is 2.19 bits per heavy atom. The largest absolute Gasteiger partial charge is 0.382 e. The first-order valence-electron chi connectivity index (χ1n) is 7.43. The summed E-state index contributed by atoms with van der Waals surface area (Å²) in [6.07, 6.45) is 4.08. The molecule has 1 saturated carbocycles. The molecule has 1 aliphatic carbocycles. The lowest BCUT2D eigenvalue weighted by molar-refractivity contribution is 0.0484. The van der Waals surface area contributed by atoms with Crippen LogP contribution in [0.4, 0.5) is 0 Å². The van der Waals surface area contributed by atoms with Crippen LogP contribution in [-0.4, -0.2) is 51.7 Å². The fourth-order valence-electron chi connectivity index (χ4n) is 2.64. The molecule has 0 unspecified atom stereocenters. The van der Waals surface area contributed by atoms with E-state index in [0.29, 0.717) is 24.6 Å². The highest BCUT2D eigenvalue weighted by Crippen LogP contribution is 2.35. The summed E-state index contributed by atoms with van der Waals surface area (Å²) in [6, 6.07) is 0.158. The lowest BCUT2D eigenvalue weighted by atomic mass is 10.00. The van der Waals surface area contributed by atoms with Gasteiger partial charge >= 0.3 is 0 Å². The van der Waals surface area contributed by atoms with Gasteiger partial charge < -0.3 is 5.11 Å². The van der Waals surface area contributed by atoms with Crippen molar-refractivity contribution in [2.75, 3.05) is 18.8 Å². The Morgan fingerprint density at radius 1 is 1.48 bits per heavy atom. The van der Waals surface area contributed by atoms with Crippen LogP contribution in [0.15, 0.2) is 6.20 Å². The second kappa shape index (κ2) is 5.03. The van der Waals surface area contributed by atoms with E-state index >= 15 is 0 Å². The third kappa shape index (κ3) is 2.97. The van der Waals surface area contributed by atoms with Gasteiger partial charge in [-0.05, 0) is 39.0 Å². The van der Waals surface area contributed by atoms with Crippen molar-refractivity contribution in [2.45, 2.75) is 44.8 Å². The van der Waals surface area contributed by atoms with E-state index in [2.05, 4.69) is 10.3 Å². The second-order valence-corrected chi connectivity index (χ2v) is 8.53. The molecule has 1 aromatic heterocycles. The number of rotatable bonds is 5. The van der Waals surface area contributed by atoms with Crippen LogP contribution in [0.25, 0.3) is 0 Å². The third-order valence-corrected chi connectivity index (χ3v) is 6.26. The van der Waals surface area contributed by atoms with E-state index in [1.54, 1.807) is 10.9 Å². The zero-order valence-electron chi connectivity index (χ0n) is 12.4. The van der Waals surface area contributed by atoms with E-state index in [1.165, 1.54) is 4.31 Å². The van der Waals surface area contributed by atoms with Crippen LogP contribution in [0, 0.1) is 5.92 Å². The van der Waals surface area contributed by atoms with E-state index in [-0.39, 0.29) is 18.3 Å². The van der Waals surface area contributed by atoms with Crippen LogP contribution in [-0.2, 0) is 15.6 Å². The molecule has 1 aliphatic heterocycles. The second-order valence-electron chi connectivity index (χ2n) is 6.51. The highest BCUT2D eigenvalue weighted by Gasteiger charge is 2.45. The van der Waals surface area contributed by atoms with Crippen LogP contribution >= 0.6 is 0 Å². The molecular weight excluding hydrogens is 292 g/mol. The standard InChI is InChI=1S/C13H22N4O3S/c1-10(2)17-7-12(14-15-17)13(18)5-6-16(9-13)21(19,20)8-11-3-4-11/h7,10-11,18H,3-6,8-9H2,1-2H3/t13-/m1/s1. The number of hydrogen-bond donors (Lipinski definition) is 1. The Hall–Kier alpha value is -0.990. The van der Waals surface area contributed by atoms with Crippen molar-refractivity contribution in [1.82, 2.24) is 19.3 Å². The average molecular weight is 314 g/mol. The maximum atomic E-state index is 12.3. The molecule has 0 spiro atoms. The summed E-state index contributed by atoms with van der Waals surface area (Å²) >= 11 is 0. The molecule has 7 nitrogen and oxygen atoms in total. The normalized spacial score (nSPS) is 27.6. The minimum absolute atomic E-state index is 0.0822. The molecule has 0 aromatic carbocycles. The van der Waals surface area contributed by atoms with Crippen molar-refractivity contribution in [3.8, 4) is 0 Å². The first-order chi connectivity index (χ1) is 9.80. The summed E-state index contributed by atoms with van der Waals surface area (Å²) in [5, 5.41) is 18.7. The molecule has 1 aromatic rings. The predicted molar refractivity (Wildman–Crippen MR) is 77.0 cm³/mol. The molecule has 118 valence electrons. The first kappa shape index (κ1) is 14.9. The SMILES string of the molecule is CC(C)n1cc([C@@]2(O)CCN(S(=O)(=O)CC3CC3)C2)nn1. The maximum absolute atomic E-state index is 12.3. The molecule has 21 heavy (non-hydrogen) atoms. The van der Waals surface area contributed by atoms with E-state index in [9.17, 15) is 13.5 Å². The van der Waals surface area contributed by atoms with Crippen LogP contribution in [0.2, 0.25) is 0 Å². The Balaban J connectivity index is 1.74. The fraction of sp³-hybridized carbons (Fsp3) is 0.846. The van der Waals surface area contributed by atoms with Crippen molar-refractivity contribution < 1.29 is 13.5 Å². The van der Waals surface area contributed by atoms with Gasteiger partial charge in [0, 0.05) is 19.1 Å². The fourth-order valence-corrected chi connectivity index (χ4v) is 4.56. The molecule has 3 rings (SSSR count). The van der Waals surface area contributed by atoms with Gasteiger partial charge in [0.25, 0.3) is 0 Å². The van der Waals surface area contributed by atoms with Crippen molar-refractivity contribution in [3.63, 3.8) is 0 Å². The Kier molecular flexibility index (Phi) is 3.58. The molecular formula is C13H22N4O3S. The molecule has 2 fully saturated rings. The van der Waals surface area contributed by atoms with Crippen molar-refractivity contribution >= 4 is 10.0 Å². The lowest BCUT2D eigenvalue weighted by Gasteiger charge is -2.21. The Morgan fingerprint density at radius 3 is 2.76 bits per heavy atom. The van der Waals surface area contributed by atoms with Gasteiger partial charge in [-0.1, -0.05) is 5.21 Å². The topological polar surface area (TPSA) is 88.3 Å². The molecule has 0 bridgehead atoms. The number of aromatic nitrogens is 3. The predicted octanol–water partition coefficient (Wildman–Crippen LogP) is 0.492. The van der Waals surface area contributed by atoms with Gasteiger partial charge in [-0.3, -0.25) is 0 Å². The monoisotopic (exact) mass is 314 g/mol. The summed E-state index contributed by atoms with van der Waals surface area (Å²) < 4.78 is 27.7. The van der Waals surface area contributed by atoms with Gasteiger partial charge in [0.15, 0.2) is 0 Å². The molecule has 8 heteroatoms. The molecule has 0 radical (unpaired) electrons. The lowest BCUT2D eigenvalue weighted by Crippen LogP contribution is -2.36. The summed E-state index contributed by atoms with van der Waals surface area (Å²) in [4.78, 5) is 0. The average Bonchev–Trinajstić information content (AvgIpc) is 2.94.